The Labute approximate surface area is 112 Å². The molecular weight excluding hydrogens is 242 g/mol. The summed E-state index contributed by atoms with van der Waals surface area (Å²) in [6.07, 6.45) is 1.53. The van der Waals surface area contributed by atoms with Crippen molar-refractivity contribution in [1.29, 1.82) is 0 Å². The van der Waals surface area contributed by atoms with E-state index < -0.39 is 5.97 Å². The van der Waals surface area contributed by atoms with Crippen molar-refractivity contribution in [1.82, 2.24) is 4.57 Å². The van der Waals surface area contributed by atoms with Crippen LogP contribution < -0.4 is 0 Å². The average molecular weight is 259 g/mol. The second kappa shape index (κ2) is 4.80. The summed E-state index contributed by atoms with van der Waals surface area (Å²) in [7, 11) is 1.30. The van der Waals surface area contributed by atoms with Crippen molar-refractivity contribution in [2.75, 3.05) is 7.11 Å². The van der Waals surface area contributed by atoms with E-state index in [9.17, 15) is 9.90 Å². The first-order valence-corrected chi connectivity index (χ1v) is 6.02. The fraction of sp³-hybridized carbons (Fsp3) is 0.267. The second-order valence-electron chi connectivity index (χ2n) is 4.60. The van der Waals surface area contributed by atoms with Crippen molar-refractivity contribution < 1.29 is 14.6 Å². The molecule has 100 valence electrons. The van der Waals surface area contributed by atoms with Crippen LogP contribution in [0.1, 0.15) is 27.2 Å². The van der Waals surface area contributed by atoms with E-state index in [1.807, 2.05) is 32.0 Å². The lowest BCUT2D eigenvalue weighted by Gasteiger charge is -2.09. The first-order valence-electron chi connectivity index (χ1n) is 6.02. The molecule has 0 aliphatic carbocycles. The summed E-state index contributed by atoms with van der Waals surface area (Å²) in [4.78, 5) is 11.6. The zero-order valence-corrected chi connectivity index (χ0v) is 11.5. The van der Waals surface area contributed by atoms with E-state index >= 15 is 0 Å². The third-order valence-electron chi connectivity index (χ3n) is 3.39. The standard InChI is InChI=1S/C15H17NO3/c1-9-5-6-12(7-10(9)2)16-8-13(17)14(11(16)3)15(18)19-4/h5-8,17H,1-4H3. The number of hydrogen-bond acceptors (Lipinski definition) is 3. The molecule has 0 saturated heterocycles. The molecule has 0 aliphatic heterocycles. The fourth-order valence-electron chi connectivity index (χ4n) is 2.09. The second-order valence-corrected chi connectivity index (χ2v) is 4.60. The quantitative estimate of drug-likeness (QED) is 0.844. The Morgan fingerprint density at radius 1 is 1.21 bits per heavy atom. The van der Waals surface area contributed by atoms with E-state index in [1.54, 1.807) is 11.5 Å². The number of ether oxygens (including phenoxy) is 1. The number of methoxy groups -OCH3 is 1. The van der Waals surface area contributed by atoms with Crippen LogP contribution in [-0.2, 0) is 4.74 Å². The number of aryl methyl sites for hydroxylation is 2. The van der Waals surface area contributed by atoms with Crippen LogP contribution in [0, 0.1) is 20.8 Å². The molecular formula is C15H17NO3. The van der Waals surface area contributed by atoms with Crippen LogP contribution in [0.4, 0.5) is 0 Å². The minimum atomic E-state index is -0.530. The van der Waals surface area contributed by atoms with E-state index in [4.69, 9.17) is 0 Å². The molecule has 0 atom stereocenters. The van der Waals surface area contributed by atoms with Crippen LogP contribution in [0.5, 0.6) is 5.75 Å². The summed E-state index contributed by atoms with van der Waals surface area (Å²) in [5, 5.41) is 9.88. The lowest BCUT2D eigenvalue weighted by atomic mass is 10.1. The fourth-order valence-corrected chi connectivity index (χ4v) is 2.09. The van der Waals surface area contributed by atoms with Gasteiger partial charge >= 0.3 is 5.97 Å². The highest BCUT2D eigenvalue weighted by molar-refractivity contribution is 5.94. The number of nitrogens with zero attached hydrogens (tertiary/aromatic N) is 1. The predicted molar refractivity (Wildman–Crippen MR) is 73.0 cm³/mol. The molecule has 1 N–H and O–H groups in total. The Morgan fingerprint density at radius 2 is 1.89 bits per heavy atom. The number of rotatable bonds is 2. The molecule has 2 aromatic rings. The normalized spacial score (nSPS) is 10.5. The van der Waals surface area contributed by atoms with Crippen LogP contribution in [0.25, 0.3) is 5.69 Å². The van der Waals surface area contributed by atoms with Gasteiger partial charge in [0.1, 0.15) is 11.3 Å². The van der Waals surface area contributed by atoms with Gasteiger partial charge in [0, 0.05) is 11.4 Å². The van der Waals surface area contributed by atoms with Crippen LogP contribution in [0.2, 0.25) is 0 Å². The smallest absolute Gasteiger partial charge is 0.343 e. The van der Waals surface area contributed by atoms with Crippen LogP contribution in [0.3, 0.4) is 0 Å². The van der Waals surface area contributed by atoms with Crippen LogP contribution >= 0.6 is 0 Å². The van der Waals surface area contributed by atoms with Crippen molar-refractivity contribution in [3.05, 3.63) is 46.8 Å². The van der Waals surface area contributed by atoms with Gasteiger partial charge in [0.25, 0.3) is 0 Å². The molecule has 2 rings (SSSR count). The number of hydrogen-bond donors (Lipinski definition) is 1. The Bertz CT molecular complexity index is 641. The van der Waals surface area contributed by atoms with Crippen LogP contribution in [0.15, 0.2) is 24.4 Å². The number of esters is 1. The lowest BCUT2D eigenvalue weighted by molar-refractivity contribution is 0.0597. The highest BCUT2D eigenvalue weighted by atomic mass is 16.5. The third-order valence-corrected chi connectivity index (χ3v) is 3.39. The number of carbonyl (C=O) groups is 1. The number of aromatic nitrogens is 1. The van der Waals surface area contributed by atoms with Gasteiger partial charge < -0.3 is 14.4 Å². The number of aromatic hydroxyl groups is 1. The van der Waals surface area contributed by atoms with E-state index in [0.717, 1.165) is 11.3 Å². The SMILES string of the molecule is COC(=O)c1c(O)cn(-c2ccc(C)c(C)c2)c1C. The summed E-state index contributed by atoms with van der Waals surface area (Å²) >= 11 is 0. The Balaban J connectivity index is 2.57. The monoisotopic (exact) mass is 259 g/mol. The number of carbonyl (C=O) groups excluding carboxylic acids is 1. The molecule has 1 aromatic heterocycles. The molecule has 19 heavy (non-hydrogen) atoms. The van der Waals surface area contributed by atoms with Crippen molar-refractivity contribution in [2.24, 2.45) is 0 Å². The zero-order chi connectivity index (χ0) is 14.2. The average Bonchev–Trinajstić information content (AvgIpc) is 2.67. The van der Waals surface area contributed by atoms with E-state index in [1.165, 1.54) is 18.9 Å². The van der Waals surface area contributed by atoms with Crippen molar-refractivity contribution >= 4 is 5.97 Å². The maximum absolute atomic E-state index is 11.6. The maximum atomic E-state index is 11.6. The predicted octanol–water partition coefficient (Wildman–Crippen LogP) is 2.89. The molecule has 0 spiro atoms. The summed E-state index contributed by atoms with van der Waals surface area (Å²) < 4.78 is 6.46. The molecule has 0 fully saturated rings. The Morgan fingerprint density at radius 3 is 2.47 bits per heavy atom. The molecule has 1 aromatic carbocycles. The molecule has 0 saturated carbocycles. The maximum Gasteiger partial charge on any atom is 0.343 e. The zero-order valence-electron chi connectivity index (χ0n) is 11.5. The minimum Gasteiger partial charge on any atom is -0.505 e. The van der Waals surface area contributed by atoms with Crippen molar-refractivity contribution in [2.45, 2.75) is 20.8 Å². The van der Waals surface area contributed by atoms with Crippen molar-refractivity contribution in [3.8, 4) is 11.4 Å². The summed E-state index contributed by atoms with van der Waals surface area (Å²) in [6, 6.07) is 5.98. The van der Waals surface area contributed by atoms with Crippen molar-refractivity contribution in [3.63, 3.8) is 0 Å². The Hall–Kier alpha value is -2.23. The highest BCUT2D eigenvalue weighted by Crippen LogP contribution is 2.27. The first kappa shape index (κ1) is 13.2. The van der Waals surface area contributed by atoms with Gasteiger partial charge in [0.2, 0.25) is 0 Å². The minimum absolute atomic E-state index is 0.0671. The molecule has 0 amide bonds. The van der Waals surface area contributed by atoms with Gasteiger partial charge in [-0.05, 0) is 44.0 Å². The summed E-state index contributed by atoms with van der Waals surface area (Å²) in [5.74, 6) is -0.597. The number of benzene rings is 1. The van der Waals surface area contributed by atoms with Gasteiger partial charge in [-0.15, -0.1) is 0 Å². The van der Waals surface area contributed by atoms with Gasteiger partial charge in [-0.2, -0.15) is 0 Å². The largest absolute Gasteiger partial charge is 0.505 e. The topological polar surface area (TPSA) is 51.5 Å². The molecule has 0 radical (unpaired) electrons. The molecule has 0 unspecified atom stereocenters. The van der Waals surface area contributed by atoms with E-state index in [0.29, 0.717) is 5.69 Å². The van der Waals surface area contributed by atoms with Gasteiger partial charge in [-0.25, -0.2) is 4.79 Å². The van der Waals surface area contributed by atoms with Gasteiger partial charge in [-0.3, -0.25) is 0 Å². The van der Waals surface area contributed by atoms with E-state index in [-0.39, 0.29) is 11.3 Å². The molecule has 4 heteroatoms. The third kappa shape index (κ3) is 2.21. The molecule has 1 heterocycles. The van der Waals surface area contributed by atoms with Crippen LogP contribution in [-0.4, -0.2) is 22.8 Å². The first-order chi connectivity index (χ1) is 8.95. The van der Waals surface area contributed by atoms with Gasteiger partial charge in [-0.1, -0.05) is 6.07 Å². The molecule has 0 aliphatic rings. The summed E-state index contributed by atoms with van der Waals surface area (Å²) in [5.41, 5.74) is 4.13. The summed E-state index contributed by atoms with van der Waals surface area (Å²) in [6.45, 7) is 5.85. The van der Waals surface area contributed by atoms with Gasteiger partial charge in [0.05, 0.1) is 13.3 Å². The van der Waals surface area contributed by atoms with Gasteiger partial charge in [0.15, 0.2) is 0 Å². The lowest BCUT2D eigenvalue weighted by Crippen LogP contribution is -2.04. The molecule has 0 bridgehead atoms. The Kier molecular flexibility index (Phi) is 3.34. The van der Waals surface area contributed by atoms with E-state index in [2.05, 4.69) is 4.74 Å². The highest BCUT2D eigenvalue weighted by Gasteiger charge is 2.20. The molecule has 4 nitrogen and oxygen atoms in total.